The van der Waals surface area contributed by atoms with Crippen LogP contribution in [-0.4, -0.2) is 47.2 Å². The van der Waals surface area contributed by atoms with Crippen LogP contribution < -0.4 is 10.6 Å². The highest BCUT2D eigenvalue weighted by Gasteiger charge is 2.43. The molecule has 0 atom stereocenters. The first-order chi connectivity index (χ1) is 9.82. The highest BCUT2D eigenvalue weighted by Crippen LogP contribution is 2.18. The van der Waals surface area contributed by atoms with Gasteiger partial charge in [0.05, 0.1) is 12.8 Å². The summed E-state index contributed by atoms with van der Waals surface area (Å²) < 4.78 is 4.89. The summed E-state index contributed by atoms with van der Waals surface area (Å²) in [7, 11) is 0. The van der Waals surface area contributed by atoms with Crippen molar-refractivity contribution in [1.29, 1.82) is 0 Å². The average Bonchev–Trinajstić information content (AvgIpc) is 2.94. The van der Waals surface area contributed by atoms with E-state index in [4.69, 9.17) is 4.42 Å². The largest absolute Gasteiger partial charge is 0.459 e. The molecular formula is C13H15N3O5. The Bertz CT molecular complexity index is 591. The number of carbonyl (C=O) groups is 4. The molecule has 0 radical (unpaired) electrons. The molecule has 2 rings (SSSR count). The minimum absolute atomic E-state index is 0.0783. The van der Waals surface area contributed by atoms with Crippen LogP contribution in [0.3, 0.4) is 0 Å². The number of imide groups is 1. The molecule has 1 aromatic heterocycles. The van der Waals surface area contributed by atoms with Gasteiger partial charge < -0.3 is 14.6 Å². The van der Waals surface area contributed by atoms with Gasteiger partial charge in [-0.05, 0) is 26.0 Å². The zero-order chi connectivity index (χ0) is 15.6. The number of hydrogen-bond acceptors (Lipinski definition) is 5. The summed E-state index contributed by atoms with van der Waals surface area (Å²) in [4.78, 5) is 48.0. The molecule has 21 heavy (non-hydrogen) atoms. The van der Waals surface area contributed by atoms with Gasteiger partial charge in [0.25, 0.3) is 11.8 Å². The molecule has 8 heteroatoms. The third-order valence-corrected chi connectivity index (χ3v) is 3.23. The van der Waals surface area contributed by atoms with Crippen molar-refractivity contribution in [3.8, 4) is 0 Å². The number of rotatable bonds is 3. The van der Waals surface area contributed by atoms with Crippen molar-refractivity contribution in [1.82, 2.24) is 15.5 Å². The minimum Gasteiger partial charge on any atom is -0.459 e. The lowest BCUT2D eigenvalue weighted by Gasteiger charge is -2.40. The molecule has 1 saturated heterocycles. The van der Waals surface area contributed by atoms with E-state index >= 15 is 0 Å². The predicted molar refractivity (Wildman–Crippen MR) is 70.0 cm³/mol. The number of nitrogens with one attached hydrogen (secondary N) is 2. The molecular weight excluding hydrogens is 278 g/mol. The summed E-state index contributed by atoms with van der Waals surface area (Å²) in [5.41, 5.74) is -1.15. The van der Waals surface area contributed by atoms with Crippen molar-refractivity contribution >= 4 is 23.6 Å². The first-order valence-electron chi connectivity index (χ1n) is 6.29. The molecule has 0 aliphatic carbocycles. The topological polar surface area (TPSA) is 109 Å². The fourth-order valence-electron chi connectivity index (χ4n) is 1.93. The van der Waals surface area contributed by atoms with E-state index in [1.807, 2.05) is 0 Å². The third-order valence-electron chi connectivity index (χ3n) is 3.23. The van der Waals surface area contributed by atoms with E-state index in [9.17, 15) is 19.2 Å². The summed E-state index contributed by atoms with van der Waals surface area (Å²) in [6.07, 6.45) is 1.34. The monoisotopic (exact) mass is 293 g/mol. The Morgan fingerprint density at radius 1 is 1.43 bits per heavy atom. The average molecular weight is 293 g/mol. The summed E-state index contributed by atoms with van der Waals surface area (Å²) >= 11 is 0. The van der Waals surface area contributed by atoms with Crippen LogP contribution in [0.25, 0.3) is 0 Å². The van der Waals surface area contributed by atoms with Gasteiger partial charge in [-0.15, -0.1) is 0 Å². The van der Waals surface area contributed by atoms with Gasteiger partial charge in [0.15, 0.2) is 5.76 Å². The van der Waals surface area contributed by atoms with Gasteiger partial charge >= 0.3 is 0 Å². The number of furan rings is 1. The normalized spacial score (nSPS) is 17.3. The highest BCUT2D eigenvalue weighted by molar-refractivity contribution is 6.06. The van der Waals surface area contributed by atoms with Gasteiger partial charge in [0.2, 0.25) is 11.8 Å². The fourth-order valence-corrected chi connectivity index (χ4v) is 1.93. The molecule has 8 nitrogen and oxygen atoms in total. The van der Waals surface area contributed by atoms with Crippen molar-refractivity contribution < 1.29 is 23.6 Å². The Kier molecular flexibility index (Phi) is 3.79. The molecule has 1 aliphatic rings. The van der Waals surface area contributed by atoms with Crippen LogP contribution in [-0.2, 0) is 14.4 Å². The van der Waals surface area contributed by atoms with Crippen LogP contribution in [0.4, 0.5) is 0 Å². The van der Waals surface area contributed by atoms with E-state index in [2.05, 4.69) is 10.6 Å². The summed E-state index contributed by atoms with van der Waals surface area (Å²) in [5.74, 6) is -2.09. The molecule has 4 amide bonds. The Labute approximate surface area is 120 Å². The van der Waals surface area contributed by atoms with Crippen molar-refractivity contribution in [2.75, 3.05) is 13.1 Å². The molecule has 0 bridgehead atoms. The molecule has 0 unspecified atom stereocenters. The Hall–Kier alpha value is -2.64. The highest BCUT2D eigenvalue weighted by atomic mass is 16.3. The molecule has 1 aromatic rings. The van der Waals surface area contributed by atoms with Crippen LogP contribution >= 0.6 is 0 Å². The molecule has 112 valence electrons. The molecule has 1 fully saturated rings. The zero-order valence-electron chi connectivity index (χ0n) is 11.6. The maximum absolute atomic E-state index is 12.1. The fraction of sp³-hybridized carbons (Fsp3) is 0.385. The Morgan fingerprint density at radius 3 is 2.76 bits per heavy atom. The quantitative estimate of drug-likeness (QED) is 0.714. The summed E-state index contributed by atoms with van der Waals surface area (Å²) in [6, 6.07) is 3.01. The standard InChI is InChI=1S/C13H15N3O5/c1-13(2)12(20)15-9(17)7-16(13)10(18)6-14-11(19)8-4-3-5-21-8/h3-5H,6-7H2,1-2H3,(H,14,19)(H,15,17,20). The number of carbonyl (C=O) groups excluding carboxylic acids is 4. The number of hydrogen-bond donors (Lipinski definition) is 2. The van der Waals surface area contributed by atoms with Crippen LogP contribution in [0, 0.1) is 0 Å². The maximum Gasteiger partial charge on any atom is 0.287 e. The van der Waals surface area contributed by atoms with Crippen molar-refractivity contribution in [3.05, 3.63) is 24.2 Å². The summed E-state index contributed by atoms with van der Waals surface area (Å²) in [5, 5.41) is 4.55. The lowest BCUT2D eigenvalue weighted by atomic mass is 9.98. The second-order valence-corrected chi connectivity index (χ2v) is 5.08. The summed E-state index contributed by atoms with van der Waals surface area (Å²) in [6.45, 7) is 2.50. The molecule has 2 heterocycles. The third kappa shape index (κ3) is 2.93. The van der Waals surface area contributed by atoms with E-state index in [-0.39, 0.29) is 18.8 Å². The smallest absolute Gasteiger partial charge is 0.287 e. The van der Waals surface area contributed by atoms with E-state index in [0.29, 0.717) is 0 Å². The van der Waals surface area contributed by atoms with Crippen LogP contribution in [0.5, 0.6) is 0 Å². The number of nitrogens with zero attached hydrogens (tertiary/aromatic N) is 1. The van der Waals surface area contributed by atoms with Crippen LogP contribution in [0.15, 0.2) is 22.8 Å². The maximum atomic E-state index is 12.1. The predicted octanol–water partition coefficient (Wildman–Crippen LogP) is -0.727. The Morgan fingerprint density at radius 2 is 2.14 bits per heavy atom. The van der Waals surface area contributed by atoms with Gasteiger partial charge in [-0.3, -0.25) is 24.5 Å². The van der Waals surface area contributed by atoms with Crippen molar-refractivity contribution in [2.24, 2.45) is 0 Å². The van der Waals surface area contributed by atoms with E-state index in [1.54, 1.807) is 6.07 Å². The van der Waals surface area contributed by atoms with E-state index < -0.39 is 29.2 Å². The van der Waals surface area contributed by atoms with Gasteiger partial charge in [-0.2, -0.15) is 0 Å². The second-order valence-electron chi connectivity index (χ2n) is 5.08. The molecule has 1 aliphatic heterocycles. The van der Waals surface area contributed by atoms with Crippen LogP contribution in [0.1, 0.15) is 24.4 Å². The van der Waals surface area contributed by atoms with Gasteiger partial charge in [-0.25, -0.2) is 0 Å². The van der Waals surface area contributed by atoms with Gasteiger partial charge in [0, 0.05) is 0 Å². The SMILES string of the molecule is CC1(C)C(=O)NC(=O)CN1C(=O)CNC(=O)c1ccco1. The number of piperazine rings is 1. The lowest BCUT2D eigenvalue weighted by molar-refractivity contribution is -0.155. The number of amides is 4. The second kappa shape index (κ2) is 5.39. The molecule has 2 N–H and O–H groups in total. The zero-order valence-corrected chi connectivity index (χ0v) is 11.6. The van der Waals surface area contributed by atoms with Crippen molar-refractivity contribution in [3.63, 3.8) is 0 Å². The van der Waals surface area contributed by atoms with E-state index in [1.165, 1.54) is 26.2 Å². The lowest BCUT2D eigenvalue weighted by Crippen LogP contribution is -2.66. The van der Waals surface area contributed by atoms with E-state index in [0.717, 1.165) is 4.90 Å². The first kappa shape index (κ1) is 14.8. The molecule has 0 aromatic carbocycles. The molecule has 0 saturated carbocycles. The van der Waals surface area contributed by atoms with Crippen LogP contribution in [0.2, 0.25) is 0 Å². The molecule has 0 spiro atoms. The van der Waals surface area contributed by atoms with Gasteiger partial charge in [-0.1, -0.05) is 0 Å². The van der Waals surface area contributed by atoms with Crippen molar-refractivity contribution in [2.45, 2.75) is 19.4 Å². The Balaban J connectivity index is 2.00. The first-order valence-corrected chi connectivity index (χ1v) is 6.29. The van der Waals surface area contributed by atoms with Gasteiger partial charge in [0.1, 0.15) is 12.1 Å². The minimum atomic E-state index is -1.15.